The first-order valence-electron chi connectivity index (χ1n) is 5.19. The fourth-order valence-electron chi connectivity index (χ4n) is 1.45. The predicted octanol–water partition coefficient (Wildman–Crippen LogP) is 1.91. The molecule has 0 aromatic rings. The Morgan fingerprint density at radius 3 is 2.85 bits per heavy atom. The van der Waals surface area contributed by atoms with Crippen LogP contribution in [0.2, 0.25) is 0 Å². The van der Waals surface area contributed by atoms with Crippen molar-refractivity contribution < 1.29 is 0 Å². The van der Waals surface area contributed by atoms with Crippen LogP contribution in [0.15, 0.2) is 4.99 Å². The molecule has 1 aliphatic carbocycles. The quantitative estimate of drug-likeness (QED) is 0.746. The Balaban J connectivity index is 1.74. The normalized spacial score (nSPS) is 28.2. The van der Waals surface area contributed by atoms with Gasteiger partial charge in [0.05, 0.1) is 11.1 Å². The van der Waals surface area contributed by atoms with Gasteiger partial charge in [0.25, 0.3) is 0 Å². The molecule has 3 heteroatoms. The van der Waals surface area contributed by atoms with Gasteiger partial charge in [-0.3, -0.25) is 4.99 Å². The number of hydrogen-bond donors (Lipinski definition) is 1. The van der Waals surface area contributed by atoms with Crippen molar-refractivity contribution in [3.8, 4) is 0 Å². The van der Waals surface area contributed by atoms with Crippen LogP contribution >= 0.6 is 11.8 Å². The molecule has 2 rings (SSSR count). The molecular weight excluding hydrogens is 180 g/mol. The summed E-state index contributed by atoms with van der Waals surface area (Å²) in [5.74, 6) is 1.81. The molecule has 2 nitrogen and oxygen atoms in total. The highest BCUT2D eigenvalue weighted by molar-refractivity contribution is 8.14. The SMILES string of the molecule is CC(C)C1=NC(CNC2CC2)CS1. The van der Waals surface area contributed by atoms with E-state index < -0.39 is 0 Å². The van der Waals surface area contributed by atoms with Crippen molar-refractivity contribution in [3.05, 3.63) is 0 Å². The first kappa shape index (κ1) is 9.53. The van der Waals surface area contributed by atoms with Gasteiger partial charge in [0.15, 0.2) is 0 Å². The lowest BCUT2D eigenvalue weighted by atomic mass is 10.2. The highest BCUT2D eigenvalue weighted by atomic mass is 32.2. The first-order chi connectivity index (χ1) is 6.25. The van der Waals surface area contributed by atoms with Crippen molar-refractivity contribution >= 4 is 16.8 Å². The Morgan fingerprint density at radius 2 is 2.31 bits per heavy atom. The number of thioether (sulfide) groups is 1. The van der Waals surface area contributed by atoms with E-state index >= 15 is 0 Å². The minimum absolute atomic E-state index is 0.544. The standard InChI is InChI=1S/C10H18N2S/c1-7(2)10-12-9(6-13-10)5-11-8-3-4-8/h7-9,11H,3-6H2,1-2H3. The molecule has 1 fully saturated rings. The molecule has 0 radical (unpaired) electrons. The summed E-state index contributed by atoms with van der Waals surface area (Å²) >= 11 is 1.94. The Labute approximate surface area is 84.6 Å². The topological polar surface area (TPSA) is 24.4 Å². The van der Waals surface area contributed by atoms with Crippen LogP contribution in [0.1, 0.15) is 26.7 Å². The second kappa shape index (κ2) is 4.01. The number of aliphatic imine (C=N–C) groups is 1. The zero-order chi connectivity index (χ0) is 9.26. The van der Waals surface area contributed by atoms with Crippen molar-refractivity contribution in [2.45, 2.75) is 38.8 Å². The number of rotatable bonds is 4. The van der Waals surface area contributed by atoms with Crippen molar-refractivity contribution in [2.24, 2.45) is 10.9 Å². The molecule has 1 saturated carbocycles. The molecule has 0 bridgehead atoms. The van der Waals surface area contributed by atoms with E-state index in [2.05, 4.69) is 19.2 Å². The summed E-state index contributed by atoms with van der Waals surface area (Å²) in [5, 5.41) is 4.89. The van der Waals surface area contributed by atoms with Gasteiger partial charge in [-0.1, -0.05) is 13.8 Å². The van der Waals surface area contributed by atoms with E-state index in [1.807, 2.05) is 11.8 Å². The van der Waals surface area contributed by atoms with Gasteiger partial charge in [0.2, 0.25) is 0 Å². The molecule has 1 atom stereocenters. The van der Waals surface area contributed by atoms with Gasteiger partial charge in [-0.2, -0.15) is 0 Å². The van der Waals surface area contributed by atoms with Crippen molar-refractivity contribution in [1.29, 1.82) is 0 Å². The number of hydrogen-bond acceptors (Lipinski definition) is 3. The molecule has 0 aromatic carbocycles. The third-order valence-corrected chi connectivity index (χ3v) is 3.87. The van der Waals surface area contributed by atoms with E-state index in [1.165, 1.54) is 23.6 Å². The maximum atomic E-state index is 4.70. The van der Waals surface area contributed by atoms with Crippen molar-refractivity contribution in [1.82, 2.24) is 5.32 Å². The van der Waals surface area contributed by atoms with Gasteiger partial charge < -0.3 is 5.32 Å². The lowest BCUT2D eigenvalue weighted by Gasteiger charge is -2.06. The Kier molecular flexibility index (Phi) is 2.94. The van der Waals surface area contributed by atoms with E-state index in [1.54, 1.807) is 0 Å². The summed E-state index contributed by atoms with van der Waals surface area (Å²) in [5.41, 5.74) is 0. The Bertz CT molecular complexity index is 209. The van der Waals surface area contributed by atoms with Gasteiger partial charge in [-0.25, -0.2) is 0 Å². The lowest BCUT2D eigenvalue weighted by molar-refractivity contribution is 0.615. The van der Waals surface area contributed by atoms with Gasteiger partial charge in [0.1, 0.15) is 0 Å². The monoisotopic (exact) mass is 198 g/mol. The maximum Gasteiger partial charge on any atom is 0.0727 e. The molecule has 1 unspecified atom stereocenters. The maximum absolute atomic E-state index is 4.70. The predicted molar refractivity (Wildman–Crippen MR) is 59.5 cm³/mol. The first-order valence-corrected chi connectivity index (χ1v) is 6.18. The smallest absolute Gasteiger partial charge is 0.0727 e. The number of nitrogens with zero attached hydrogens (tertiary/aromatic N) is 1. The molecule has 1 N–H and O–H groups in total. The fraction of sp³-hybridized carbons (Fsp3) is 0.900. The molecule has 1 heterocycles. The van der Waals surface area contributed by atoms with E-state index in [0.717, 1.165) is 12.6 Å². The van der Waals surface area contributed by atoms with E-state index in [9.17, 15) is 0 Å². The van der Waals surface area contributed by atoms with E-state index in [-0.39, 0.29) is 0 Å². The summed E-state index contributed by atoms with van der Waals surface area (Å²) < 4.78 is 0. The molecule has 1 aliphatic heterocycles. The zero-order valence-electron chi connectivity index (χ0n) is 8.42. The third kappa shape index (κ3) is 2.71. The van der Waals surface area contributed by atoms with Crippen LogP contribution in [0.3, 0.4) is 0 Å². The second-order valence-electron chi connectivity index (χ2n) is 4.27. The summed E-state index contributed by atoms with van der Waals surface area (Å²) in [7, 11) is 0. The van der Waals surface area contributed by atoms with Crippen LogP contribution in [-0.2, 0) is 0 Å². The van der Waals surface area contributed by atoms with Gasteiger partial charge in [0, 0.05) is 24.3 Å². The van der Waals surface area contributed by atoms with Crippen LogP contribution in [0, 0.1) is 5.92 Å². The average molecular weight is 198 g/mol. The molecule has 74 valence electrons. The molecule has 0 amide bonds. The molecule has 0 saturated heterocycles. The highest BCUT2D eigenvalue weighted by Crippen LogP contribution is 2.24. The van der Waals surface area contributed by atoms with Crippen LogP contribution in [0.25, 0.3) is 0 Å². The summed E-state index contributed by atoms with van der Waals surface area (Å²) in [6.07, 6.45) is 2.75. The molecule has 0 aromatic heterocycles. The van der Waals surface area contributed by atoms with Gasteiger partial charge in [-0.05, 0) is 12.8 Å². The van der Waals surface area contributed by atoms with Crippen molar-refractivity contribution in [2.75, 3.05) is 12.3 Å². The Hall–Kier alpha value is -0.0200. The summed E-state index contributed by atoms with van der Waals surface area (Å²) in [6, 6.07) is 1.37. The zero-order valence-corrected chi connectivity index (χ0v) is 9.23. The van der Waals surface area contributed by atoms with Crippen LogP contribution in [0.4, 0.5) is 0 Å². The Morgan fingerprint density at radius 1 is 1.54 bits per heavy atom. The van der Waals surface area contributed by atoms with Gasteiger partial charge >= 0.3 is 0 Å². The van der Waals surface area contributed by atoms with Crippen molar-refractivity contribution in [3.63, 3.8) is 0 Å². The highest BCUT2D eigenvalue weighted by Gasteiger charge is 2.24. The minimum Gasteiger partial charge on any atom is -0.312 e. The molecule has 0 spiro atoms. The second-order valence-corrected chi connectivity index (χ2v) is 5.31. The van der Waals surface area contributed by atoms with Crippen LogP contribution in [-0.4, -0.2) is 29.4 Å². The van der Waals surface area contributed by atoms with Gasteiger partial charge in [-0.15, -0.1) is 11.8 Å². The number of nitrogens with one attached hydrogen (secondary N) is 1. The van der Waals surface area contributed by atoms with Crippen LogP contribution < -0.4 is 5.32 Å². The summed E-state index contributed by atoms with van der Waals surface area (Å²) in [6.45, 7) is 5.54. The van der Waals surface area contributed by atoms with Crippen LogP contribution in [0.5, 0.6) is 0 Å². The van der Waals surface area contributed by atoms with E-state index in [4.69, 9.17) is 4.99 Å². The minimum atomic E-state index is 0.544. The molecular formula is C10H18N2S. The molecule has 2 aliphatic rings. The third-order valence-electron chi connectivity index (χ3n) is 2.45. The van der Waals surface area contributed by atoms with E-state index in [0.29, 0.717) is 12.0 Å². The largest absolute Gasteiger partial charge is 0.312 e. The summed E-state index contributed by atoms with van der Waals surface area (Å²) in [4.78, 5) is 4.70. The average Bonchev–Trinajstić information content (AvgIpc) is 2.79. The fourth-order valence-corrected chi connectivity index (χ4v) is 2.56. The molecule has 13 heavy (non-hydrogen) atoms. The lowest BCUT2D eigenvalue weighted by Crippen LogP contribution is -2.27.